The van der Waals surface area contributed by atoms with Gasteiger partial charge in [0.15, 0.2) is 5.13 Å². The van der Waals surface area contributed by atoms with Crippen LogP contribution in [0.2, 0.25) is 0 Å². The Morgan fingerprint density at radius 1 is 1.00 bits per heavy atom. The fourth-order valence-electron chi connectivity index (χ4n) is 2.94. The first kappa shape index (κ1) is 18.8. The van der Waals surface area contributed by atoms with E-state index in [2.05, 4.69) is 20.3 Å². The quantitative estimate of drug-likeness (QED) is 0.517. The maximum atomic E-state index is 13.1. The van der Waals surface area contributed by atoms with Gasteiger partial charge in [-0.3, -0.25) is 15.1 Å². The fraction of sp³-hybridized carbons (Fsp3) is 0.0909. The smallest absolute Gasteiger partial charge is 0.259 e. The van der Waals surface area contributed by atoms with Gasteiger partial charge in [-0.15, -0.1) is 11.3 Å². The van der Waals surface area contributed by atoms with Gasteiger partial charge in [-0.1, -0.05) is 36.4 Å². The molecule has 1 amide bonds. The molecule has 0 atom stereocenters. The second-order valence-corrected chi connectivity index (χ2v) is 7.13. The van der Waals surface area contributed by atoms with E-state index in [-0.39, 0.29) is 5.91 Å². The molecule has 144 valence electrons. The van der Waals surface area contributed by atoms with E-state index >= 15 is 0 Å². The molecular formula is C22H18N4O2S. The van der Waals surface area contributed by atoms with Gasteiger partial charge < -0.3 is 4.74 Å². The molecule has 0 radical (unpaired) electrons. The number of pyridine rings is 2. The van der Waals surface area contributed by atoms with Gasteiger partial charge in [-0.25, -0.2) is 9.97 Å². The predicted octanol–water partition coefficient (Wildman–Crippen LogP) is 4.84. The number of hydrogen-bond acceptors (Lipinski definition) is 6. The van der Waals surface area contributed by atoms with Gasteiger partial charge in [-0.05, 0) is 24.6 Å². The van der Waals surface area contributed by atoms with Gasteiger partial charge in [-0.2, -0.15) is 0 Å². The fourth-order valence-corrected chi connectivity index (χ4v) is 3.64. The maximum absolute atomic E-state index is 13.1. The van der Waals surface area contributed by atoms with Crippen LogP contribution in [0.4, 0.5) is 5.13 Å². The number of aryl methyl sites for hydroxylation is 1. The molecule has 1 N–H and O–H groups in total. The predicted molar refractivity (Wildman–Crippen MR) is 114 cm³/mol. The second kappa shape index (κ2) is 8.20. The Morgan fingerprint density at radius 3 is 2.62 bits per heavy atom. The van der Waals surface area contributed by atoms with Crippen LogP contribution in [0.15, 0.2) is 66.2 Å². The average Bonchev–Trinajstić information content (AvgIpc) is 3.22. The third kappa shape index (κ3) is 4.00. The molecule has 3 aromatic heterocycles. The molecule has 7 heteroatoms. The van der Waals surface area contributed by atoms with Crippen molar-refractivity contribution < 1.29 is 9.53 Å². The number of amides is 1. The molecule has 0 aliphatic heterocycles. The zero-order chi connectivity index (χ0) is 20.2. The molecule has 0 fully saturated rings. The van der Waals surface area contributed by atoms with E-state index in [1.165, 1.54) is 11.3 Å². The highest BCUT2D eigenvalue weighted by Crippen LogP contribution is 2.28. The second-order valence-electron chi connectivity index (χ2n) is 6.27. The summed E-state index contributed by atoms with van der Waals surface area (Å²) in [4.78, 5) is 26.4. The molecule has 0 saturated carbocycles. The number of anilines is 1. The number of carbonyl (C=O) groups is 1. The Balaban J connectivity index is 1.62. The van der Waals surface area contributed by atoms with E-state index in [9.17, 15) is 4.79 Å². The van der Waals surface area contributed by atoms with Crippen molar-refractivity contribution in [2.24, 2.45) is 0 Å². The Morgan fingerprint density at radius 2 is 1.83 bits per heavy atom. The van der Waals surface area contributed by atoms with Crippen LogP contribution in [0.5, 0.6) is 5.88 Å². The minimum absolute atomic E-state index is 0.242. The molecule has 4 rings (SSSR count). The lowest BCUT2D eigenvalue weighted by Gasteiger charge is -2.11. The number of methoxy groups -OCH3 is 1. The van der Waals surface area contributed by atoms with Crippen molar-refractivity contribution in [3.05, 3.63) is 77.3 Å². The summed E-state index contributed by atoms with van der Waals surface area (Å²) < 4.78 is 5.16. The zero-order valence-corrected chi connectivity index (χ0v) is 16.7. The number of nitrogens with one attached hydrogen (secondary N) is 1. The molecule has 29 heavy (non-hydrogen) atoms. The summed E-state index contributed by atoms with van der Waals surface area (Å²) in [5.41, 5.74) is 4.28. The molecule has 0 bridgehead atoms. The average molecular weight is 402 g/mol. The molecule has 0 aliphatic carbocycles. The first-order valence-corrected chi connectivity index (χ1v) is 9.83. The third-order valence-corrected chi connectivity index (χ3v) is 5.11. The van der Waals surface area contributed by atoms with E-state index in [1.54, 1.807) is 19.4 Å². The van der Waals surface area contributed by atoms with Crippen LogP contribution in [-0.2, 0) is 0 Å². The summed E-state index contributed by atoms with van der Waals surface area (Å²) >= 11 is 1.34. The number of thiazole rings is 1. The number of hydrogen-bond donors (Lipinski definition) is 1. The summed E-state index contributed by atoms with van der Waals surface area (Å²) in [5, 5.41) is 5.25. The van der Waals surface area contributed by atoms with Crippen LogP contribution < -0.4 is 10.1 Å². The first-order valence-electron chi connectivity index (χ1n) is 8.95. The number of nitrogens with zero attached hydrogens (tertiary/aromatic N) is 3. The molecule has 4 aromatic rings. The molecule has 6 nitrogen and oxygen atoms in total. The van der Waals surface area contributed by atoms with Crippen LogP contribution in [-0.4, -0.2) is 28.0 Å². The van der Waals surface area contributed by atoms with Crippen LogP contribution in [0.1, 0.15) is 15.9 Å². The number of aromatic nitrogens is 3. The van der Waals surface area contributed by atoms with E-state index in [0.29, 0.717) is 33.7 Å². The third-order valence-electron chi connectivity index (χ3n) is 4.35. The zero-order valence-electron chi connectivity index (χ0n) is 15.9. The molecule has 0 unspecified atom stereocenters. The van der Waals surface area contributed by atoms with Crippen LogP contribution in [0.25, 0.3) is 22.6 Å². The molecular weight excluding hydrogens is 384 g/mol. The summed E-state index contributed by atoms with van der Waals surface area (Å²) in [5.74, 6) is 0.272. The minimum Gasteiger partial charge on any atom is -0.481 e. The highest BCUT2D eigenvalue weighted by Gasteiger charge is 2.18. The Bertz CT molecular complexity index is 1160. The first-order chi connectivity index (χ1) is 14.2. The van der Waals surface area contributed by atoms with Gasteiger partial charge in [0.05, 0.1) is 24.1 Å². The van der Waals surface area contributed by atoms with E-state index in [0.717, 1.165) is 11.1 Å². The molecule has 1 aromatic carbocycles. The summed E-state index contributed by atoms with van der Waals surface area (Å²) in [6.45, 7) is 1.90. The Kier molecular flexibility index (Phi) is 5.31. The van der Waals surface area contributed by atoms with Crippen LogP contribution in [0, 0.1) is 6.92 Å². The Labute approximate surface area is 172 Å². The lowest BCUT2D eigenvalue weighted by molar-refractivity contribution is 0.102. The van der Waals surface area contributed by atoms with Crippen molar-refractivity contribution in [2.45, 2.75) is 6.92 Å². The summed E-state index contributed by atoms with van der Waals surface area (Å²) in [7, 11) is 1.57. The Hall–Kier alpha value is -3.58. The number of ether oxygens (including phenoxy) is 1. The molecule has 0 saturated heterocycles. The van der Waals surface area contributed by atoms with Gasteiger partial charge in [0.25, 0.3) is 5.91 Å². The number of rotatable bonds is 5. The van der Waals surface area contributed by atoms with Crippen LogP contribution in [0.3, 0.4) is 0 Å². The largest absolute Gasteiger partial charge is 0.481 e. The normalized spacial score (nSPS) is 10.6. The molecule has 0 aliphatic rings. The SMILES string of the molecule is COc1cccc(-c2csc(NC(=O)c3c(C)ccnc3-c3ccccc3)n2)n1. The number of benzene rings is 1. The number of carbonyl (C=O) groups excluding carboxylic acids is 1. The minimum atomic E-state index is -0.242. The van der Waals surface area contributed by atoms with Gasteiger partial charge in [0, 0.05) is 23.2 Å². The van der Waals surface area contributed by atoms with Gasteiger partial charge >= 0.3 is 0 Å². The standard InChI is InChI=1S/C22H18N4O2S/c1-14-11-12-23-20(15-7-4-3-5-8-15)19(14)21(27)26-22-25-17(13-29-22)16-9-6-10-18(24-16)28-2/h3-13H,1-2H3,(H,25,26,27). The van der Waals surface area contributed by atoms with Crippen molar-refractivity contribution in [3.63, 3.8) is 0 Å². The summed E-state index contributed by atoms with van der Waals surface area (Å²) in [6.07, 6.45) is 1.71. The monoisotopic (exact) mass is 402 g/mol. The van der Waals surface area contributed by atoms with Crippen LogP contribution >= 0.6 is 11.3 Å². The van der Waals surface area contributed by atoms with Crippen molar-refractivity contribution >= 4 is 22.4 Å². The van der Waals surface area contributed by atoms with E-state index in [4.69, 9.17) is 4.74 Å². The maximum Gasteiger partial charge on any atom is 0.259 e. The highest BCUT2D eigenvalue weighted by atomic mass is 32.1. The summed E-state index contributed by atoms with van der Waals surface area (Å²) in [6, 6.07) is 17.0. The van der Waals surface area contributed by atoms with Crippen molar-refractivity contribution in [3.8, 4) is 28.5 Å². The van der Waals surface area contributed by atoms with Crippen molar-refractivity contribution in [1.82, 2.24) is 15.0 Å². The lowest BCUT2D eigenvalue weighted by Crippen LogP contribution is -2.15. The van der Waals surface area contributed by atoms with Gasteiger partial charge in [0.2, 0.25) is 5.88 Å². The van der Waals surface area contributed by atoms with E-state index in [1.807, 2.05) is 60.8 Å². The molecule has 0 spiro atoms. The lowest BCUT2D eigenvalue weighted by atomic mass is 10.0. The molecule has 3 heterocycles. The van der Waals surface area contributed by atoms with Gasteiger partial charge in [0.1, 0.15) is 5.69 Å². The van der Waals surface area contributed by atoms with Crippen molar-refractivity contribution in [2.75, 3.05) is 12.4 Å². The van der Waals surface area contributed by atoms with Crippen molar-refractivity contribution in [1.29, 1.82) is 0 Å². The topological polar surface area (TPSA) is 77.0 Å². The van der Waals surface area contributed by atoms with E-state index < -0.39 is 0 Å². The highest BCUT2D eigenvalue weighted by molar-refractivity contribution is 7.14.